The predicted octanol–water partition coefficient (Wildman–Crippen LogP) is 2.41. The van der Waals surface area contributed by atoms with Crippen molar-refractivity contribution in [3.8, 4) is 0 Å². The molecule has 0 bridgehead atoms. The van der Waals surface area contributed by atoms with E-state index in [1.807, 2.05) is 18.2 Å². The van der Waals surface area contributed by atoms with E-state index >= 15 is 0 Å². The highest BCUT2D eigenvalue weighted by molar-refractivity contribution is 5.47. The Kier molecular flexibility index (Phi) is 3.64. The molecule has 0 aliphatic heterocycles. The van der Waals surface area contributed by atoms with Gasteiger partial charge >= 0.3 is 0 Å². The monoisotopic (exact) mass is 228 g/mol. The molecule has 1 unspecified atom stereocenters. The molecule has 1 aliphatic rings. The van der Waals surface area contributed by atoms with Gasteiger partial charge < -0.3 is 5.73 Å². The largest absolute Gasteiger partial charge is 0.399 e. The minimum atomic E-state index is 0.558. The zero-order chi connectivity index (χ0) is 12.3. The lowest BCUT2D eigenvalue weighted by Crippen LogP contribution is -2.36. The van der Waals surface area contributed by atoms with Crippen LogP contribution in [0.15, 0.2) is 43.5 Å². The molecule has 0 amide bonds. The third-order valence-electron chi connectivity index (χ3n) is 3.39. The van der Waals surface area contributed by atoms with Crippen LogP contribution in [0.5, 0.6) is 0 Å². The Bertz CT molecular complexity index is 413. The molecule has 2 heteroatoms. The van der Waals surface area contributed by atoms with Crippen molar-refractivity contribution in [3.63, 3.8) is 0 Å². The highest BCUT2D eigenvalue weighted by Crippen LogP contribution is 2.27. The molecule has 90 valence electrons. The van der Waals surface area contributed by atoms with Crippen LogP contribution in [0.2, 0.25) is 0 Å². The summed E-state index contributed by atoms with van der Waals surface area (Å²) in [5, 5.41) is 0. The predicted molar refractivity (Wildman–Crippen MR) is 74.0 cm³/mol. The van der Waals surface area contributed by atoms with Crippen LogP contribution in [0.25, 0.3) is 0 Å². The van der Waals surface area contributed by atoms with Crippen LogP contribution in [0.3, 0.4) is 0 Å². The average Bonchev–Trinajstić information content (AvgIpc) is 2.71. The number of anilines is 1. The van der Waals surface area contributed by atoms with Crippen LogP contribution >= 0.6 is 0 Å². The second-order valence-electron chi connectivity index (χ2n) is 4.62. The molecule has 0 fully saturated rings. The Labute approximate surface area is 103 Å². The standard InChI is InChI=1S/C15H20N2/c1-3-7-17(8-4-2)15-10-12-5-6-14(16)9-13(12)11-15/h3-6,9,15H,1-2,7-8,10-11,16H2. The molecule has 17 heavy (non-hydrogen) atoms. The van der Waals surface area contributed by atoms with E-state index in [9.17, 15) is 0 Å². The molecule has 1 aromatic carbocycles. The molecular weight excluding hydrogens is 208 g/mol. The molecule has 0 aromatic heterocycles. The Morgan fingerprint density at radius 2 is 1.82 bits per heavy atom. The number of nitrogens with zero attached hydrogens (tertiary/aromatic N) is 1. The number of hydrogen-bond donors (Lipinski definition) is 1. The van der Waals surface area contributed by atoms with E-state index in [0.29, 0.717) is 6.04 Å². The van der Waals surface area contributed by atoms with Gasteiger partial charge in [0.05, 0.1) is 0 Å². The zero-order valence-corrected chi connectivity index (χ0v) is 10.2. The minimum absolute atomic E-state index is 0.558. The quantitative estimate of drug-likeness (QED) is 0.619. The molecule has 1 aliphatic carbocycles. The Balaban J connectivity index is 2.11. The van der Waals surface area contributed by atoms with Crippen molar-refractivity contribution < 1.29 is 0 Å². The van der Waals surface area contributed by atoms with E-state index in [4.69, 9.17) is 5.73 Å². The van der Waals surface area contributed by atoms with Crippen molar-refractivity contribution in [1.82, 2.24) is 4.90 Å². The highest BCUT2D eigenvalue weighted by atomic mass is 15.1. The topological polar surface area (TPSA) is 29.3 Å². The molecular formula is C15H20N2. The maximum atomic E-state index is 5.82. The summed E-state index contributed by atoms with van der Waals surface area (Å²) in [6.07, 6.45) is 6.11. The summed E-state index contributed by atoms with van der Waals surface area (Å²) < 4.78 is 0. The fraction of sp³-hybridized carbons (Fsp3) is 0.333. The summed E-state index contributed by atoms with van der Waals surface area (Å²) in [5.41, 5.74) is 9.52. The van der Waals surface area contributed by atoms with E-state index < -0.39 is 0 Å². The molecule has 0 spiro atoms. The summed E-state index contributed by atoms with van der Waals surface area (Å²) in [5.74, 6) is 0. The molecule has 1 aromatic rings. The van der Waals surface area contributed by atoms with Crippen molar-refractivity contribution in [1.29, 1.82) is 0 Å². The van der Waals surface area contributed by atoms with E-state index in [1.54, 1.807) is 0 Å². The minimum Gasteiger partial charge on any atom is -0.399 e. The second-order valence-corrected chi connectivity index (χ2v) is 4.62. The molecule has 0 saturated carbocycles. The smallest absolute Gasteiger partial charge is 0.0316 e. The number of fused-ring (bicyclic) bond motifs is 1. The Morgan fingerprint density at radius 1 is 1.18 bits per heavy atom. The molecule has 2 rings (SSSR count). The number of nitrogens with two attached hydrogens (primary N) is 1. The van der Waals surface area contributed by atoms with Crippen molar-refractivity contribution in [3.05, 3.63) is 54.6 Å². The van der Waals surface area contributed by atoms with Crippen molar-refractivity contribution in [2.75, 3.05) is 18.8 Å². The average molecular weight is 228 g/mol. The van der Waals surface area contributed by atoms with Crippen LogP contribution in [0.1, 0.15) is 11.1 Å². The van der Waals surface area contributed by atoms with Crippen LogP contribution in [-0.2, 0) is 12.8 Å². The van der Waals surface area contributed by atoms with Crippen molar-refractivity contribution in [2.45, 2.75) is 18.9 Å². The fourth-order valence-electron chi connectivity index (χ4n) is 2.58. The number of rotatable bonds is 5. The molecule has 0 radical (unpaired) electrons. The van der Waals surface area contributed by atoms with E-state index in [0.717, 1.165) is 31.6 Å². The van der Waals surface area contributed by atoms with E-state index in [2.05, 4.69) is 30.2 Å². The summed E-state index contributed by atoms with van der Waals surface area (Å²) >= 11 is 0. The van der Waals surface area contributed by atoms with Gasteiger partial charge in [0, 0.05) is 24.8 Å². The fourth-order valence-corrected chi connectivity index (χ4v) is 2.58. The van der Waals surface area contributed by atoms with Gasteiger partial charge in [-0.15, -0.1) is 13.2 Å². The third kappa shape index (κ3) is 2.59. The van der Waals surface area contributed by atoms with E-state index in [-0.39, 0.29) is 0 Å². The SMILES string of the molecule is C=CCN(CC=C)C1Cc2ccc(N)cc2C1. The van der Waals surface area contributed by atoms with Crippen LogP contribution < -0.4 is 5.73 Å². The van der Waals surface area contributed by atoms with Crippen LogP contribution in [0.4, 0.5) is 5.69 Å². The first-order valence-electron chi connectivity index (χ1n) is 6.07. The van der Waals surface area contributed by atoms with Crippen LogP contribution in [-0.4, -0.2) is 24.0 Å². The van der Waals surface area contributed by atoms with E-state index in [1.165, 1.54) is 11.1 Å². The van der Waals surface area contributed by atoms with Gasteiger partial charge in [-0.1, -0.05) is 18.2 Å². The summed E-state index contributed by atoms with van der Waals surface area (Å²) in [7, 11) is 0. The molecule has 1 atom stereocenters. The van der Waals surface area contributed by atoms with Gasteiger partial charge in [0.1, 0.15) is 0 Å². The molecule has 0 saturated heterocycles. The normalized spacial score (nSPS) is 18.1. The maximum absolute atomic E-state index is 5.82. The van der Waals surface area contributed by atoms with Crippen molar-refractivity contribution in [2.24, 2.45) is 0 Å². The van der Waals surface area contributed by atoms with Crippen molar-refractivity contribution >= 4 is 5.69 Å². The number of nitrogen functional groups attached to an aromatic ring is 1. The lowest BCUT2D eigenvalue weighted by atomic mass is 10.1. The number of benzene rings is 1. The summed E-state index contributed by atoms with van der Waals surface area (Å²) in [4.78, 5) is 2.41. The van der Waals surface area contributed by atoms with Gasteiger partial charge in [-0.3, -0.25) is 4.90 Å². The van der Waals surface area contributed by atoms with Gasteiger partial charge in [0.15, 0.2) is 0 Å². The second kappa shape index (κ2) is 5.19. The van der Waals surface area contributed by atoms with Gasteiger partial charge in [-0.05, 0) is 36.1 Å². The molecule has 0 heterocycles. The van der Waals surface area contributed by atoms with Crippen LogP contribution in [0, 0.1) is 0 Å². The summed E-state index contributed by atoms with van der Waals surface area (Å²) in [6, 6.07) is 6.81. The number of hydrogen-bond acceptors (Lipinski definition) is 2. The highest BCUT2D eigenvalue weighted by Gasteiger charge is 2.25. The first kappa shape index (κ1) is 11.9. The first-order valence-corrected chi connectivity index (χ1v) is 6.07. The van der Waals surface area contributed by atoms with Gasteiger partial charge in [-0.25, -0.2) is 0 Å². The molecule has 2 nitrogen and oxygen atoms in total. The third-order valence-corrected chi connectivity index (χ3v) is 3.39. The zero-order valence-electron chi connectivity index (χ0n) is 10.2. The first-order chi connectivity index (χ1) is 8.24. The summed E-state index contributed by atoms with van der Waals surface area (Å²) in [6.45, 7) is 9.48. The van der Waals surface area contributed by atoms with Gasteiger partial charge in [0.2, 0.25) is 0 Å². The molecule has 2 N–H and O–H groups in total. The maximum Gasteiger partial charge on any atom is 0.0316 e. The Hall–Kier alpha value is -1.54. The Morgan fingerprint density at radius 3 is 2.47 bits per heavy atom. The lowest BCUT2D eigenvalue weighted by molar-refractivity contribution is 0.247. The lowest BCUT2D eigenvalue weighted by Gasteiger charge is -2.26. The van der Waals surface area contributed by atoms with Gasteiger partial charge in [0.25, 0.3) is 0 Å². The van der Waals surface area contributed by atoms with Gasteiger partial charge in [-0.2, -0.15) is 0 Å².